The van der Waals surface area contributed by atoms with Gasteiger partial charge in [-0.05, 0) is 18.8 Å². The lowest BCUT2D eigenvalue weighted by Gasteiger charge is -2.23. The lowest BCUT2D eigenvalue weighted by molar-refractivity contribution is -0.207. The number of hydrogen-bond donors (Lipinski definition) is 0. The van der Waals surface area contributed by atoms with E-state index in [4.69, 9.17) is 0 Å². The number of halogens is 3. The predicted octanol–water partition coefficient (Wildman–Crippen LogP) is 3.31. The first kappa shape index (κ1) is 14.3. The molecule has 0 radical (unpaired) electrons. The number of esters is 1. The van der Waals surface area contributed by atoms with Crippen molar-refractivity contribution in [3.05, 3.63) is 0 Å². The van der Waals surface area contributed by atoms with Crippen molar-refractivity contribution in [2.45, 2.75) is 52.3 Å². The molecule has 2 atom stereocenters. The van der Waals surface area contributed by atoms with Crippen LogP contribution in [0.5, 0.6) is 0 Å². The van der Waals surface area contributed by atoms with Crippen molar-refractivity contribution in [3.63, 3.8) is 0 Å². The normalized spacial score (nSPS) is 15.9. The highest BCUT2D eigenvalue weighted by Crippen LogP contribution is 2.22. The van der Waals surface area contributed by atoms with Crippen LogP contribution in [0.15, 0.2) is 0 Å². The molecule has 0 rings (SSSR count). The molecule has 0 heterocycles. The van der Waals surface area contributed by atoms with Crippen molar-refractivity contribution in [2.75, 3.05) is 0 Å². The maximum atomic E-state index is 11.9. The summed E-state index contributed by atoms with van der Waals surface area (Å²) in [5.74, 6) is -2.12. The van der Waals surface area contributed by atoms with Gasteiger partial charge in [-0.2, -0.15) is 13.2 Å². The van der Waals surface area contributed by atoms with Crippen molar-refractivity contribution in [2.24, 2.45) is 5.92 Å². The quantitative estimate of drug-likeness (QED) is 0.672. The van der Waals surface area contributed by atoms with Gasteiger partial charge in [0.25, 0.3) is 0 Å². The van der Waals surface area contributed by atoms with Gasteiger partial charge < -0.3 is 4.74 Å². The van der Waals surface area contributed by atoms with Crippen LogP contribution in [0.3, 0.4) is 0 Å². The van der Waals surface area contributed by atoms with Gasteiger partial charge in [0.2, 0.25) is 0 Å². The Bertz CT molecular complexity index is 201. The van der Waals surface area contributed by atoms with E-state index in [-0.39, 0.29) is 5.92 Å². The topological polar surface area (TPSA) is 26.3 Å². The van der Waals surface area contributed by atoms with E-state index in [9.17, 15) is 18.0 Å². The molecular formula is C10H17F3O2. The first-order chi connectivity index (χ1) is 6.82. The molecule has 0 aliphatic rings. The Morgan fingerprint density at radius 3 is 2.20 bits per heavy atom. The zero-order chi connectivity index (χ0) is 12.1. The third kappa shape index (κ3) is 5.04. The number of rotatable bonds is 5. The maximum absolute atomic E-state index is 11.9. The number of carbonyl (C=O) groups is 1. The number of alkyl halides is 3. The minimum atomic E-state index is -4.89. The van der Waals surface area contributed by atoms with E-state index in [2.05, 4.69) is 4.74 Å². The summed E-state index contributed by atoms with van der Waals surface area (Å²) in [4.78, 5) is 10.6. The van der Waals surface area contributed by atoms with Gasteiger partial charge in [0.05, 0.1) is 0 Å². The van der Waals surface area contributed by atoms with Crippen LogP contribution in [0.1, 0.15) is 40.0 Å². The van der Waals surface area contributed by atoms with Crippen molar-refractivity contribution >= 4 is 5.97 Å². The molecule has 0 saturated heterocycles. The van der Waals surface area contributed by atoms with Gasteiger partial charge in [0.15, 0.2) is 0 Å². The van der Waals surface area contributed by atoms with E-state index < -0.39 is 18.2 Å². The van der Waals surface area contributed by atoms with Crippen LogP contribution in [0, 0.1) is 5.92 Å². The van der Waals surface area contributed by atoms with Gasteiger partial charge in [-0.3, -0.25) is 0 Å². The molecule has 0 aromatic rings. The molecule has 0 spiro atoms. The molecular weight excluding hydrogens is 209 g/mol. The second-order valence-corrected chi connectivity index (χ2v) is 3.62. The minimum absolute atomic E-state index is 0.0358. The predicted molar refractivity (Wildman–Crippen MR) is 50.3 cm³/mol. The van der Waals surface area contributed by atoms with E-state index in [0.29, 0.717) is 6.42 Å². The standard InChI is InChI=1S/C10H17F3O2/c1-4-6-7(3)8(5-2)15-9(14)10(11,12)13/h7-8H,4-6H2,1-3H3. The molecule has 0 aromatic heterocycles. The summed E-state index contributed by atoms with van der Waals surface area (Å²) in [6, 6.07) is 0. The SMILES string of the molecule is CCCC(C)C(CC)OC(=O)C(F)(F)F. The van der Waals surface area contributed by atoms with Crippen LogP contribution in [0.2, 0.25) is 0 Å². The van der Waals surface area contributed by atoms with Crippen LogP contribution in [0.4, 0.5) is 13.2 Å². The second-order valence-electron chi connectivity index (χ2n) is 3.62. The van der Waals surface area contributed by atoms with E-state index in [1.54, 1.807) is 13.8 Å². The fraction of sp³-hybridized carbons (Fsp3) is 0.900. The van der Waals surface area contributed by atoms with Crippen molar-refractivity contribution in [3.8, 4) is 0 Å². The maximum Gasteiger partial charge on any atom is 0.490 e. The van der Waals surface area contributed by atoms with Gasteiger partial charge in [-0.1, -0.05) is 27.2 Å². The Hall–Kier alpha value is -0.740. The molecule has 15 heavy (non-hydrogen) atoms. The summed E-state index contributed by atoms with van der Waals surface area (Å²) in [5, 5.41) is 0. The van der Waals surface area contributed by atoms with Crippen LogP contribution < -0.4 is 0 Å². The van der Waals surface area contributed by atoms with Crippen molar-refractivity contribution in [1.29, 1.82) is 0 Å². The number of ether oxygens (including phenoxy) is 1. The molecule has 5 heteroatoms. The third-order valence-corrected chi connectivity index (χ3v) is 2.27. The van der Waals surface area contributed by atoms with Crippen LogP contribution in [0.25, 0.3) is 0 Å². The van der Waals surface area contributed by atoms with Gasteiger partial charge in [-0.25, -0.2) is 4.79 Å². The second kappa shape index (κ2) is 5.98. The first-order valence-corrected chi connectivity index (χ1v) is 5.10. The molecule has 0 fully saturated rings. The Morgan fingerprint density at radius 2 is 1.87 bits per heavy atom. The van der Waals surface area contributed by atoms with Crippen molar-refractivity contribution < 1.29 is 22.7 Å². The molecule has 0 aliphatic carbocycles. The fourth-order valence-electron chi connectivity index (χ4n) is 1.45. The zero-order valence-electron chi connectivity index (χ0n) is 9.23. The molecule has 0 N–H and O–H groups in total. The van der Waals surface area contributed by atoms with E-state index in [1.807, 2.05) is 6.92 Å². The Balaban J connectivity index is 4.27. The molecule has 2 nitrogen and oxygen atoms in total. The van der Waals surface area contributed by atoms with Gasteiger partial charge in [0.1, 0.15) is 6.10 Å². The summed E-state index contributed by atoms with van der Waals surface area (Å²) in [7, 11) is 0. The Labute approximate surface area is 87.8 Å². The lowest BCUT2D eigenvalue weighted by atomic mass is 9.97. The van der Waals surface area contributed by atoms with Crippen LogP contribution in [-0.4, -0.2) is 18.2 Å². The van der Waals surface area contributed by atoms with Crippen molar-refractivity contribution in [1.82, 2.24) is 0 Å². The van der Waals surface area contributed by atoms with E-state index >= 15 is 0 Å². The highest BCUT2D eigenvalue weighted by atomic mass is 19.4. The van der Waals surface area contributed by atoms with Gasteiger partial charge in [-0.15, -0.1) is 0 Å². The average molecular weight is 226 g/mol. The highest BCUT2D eigenvalue weighted by Gasteiger charge is 2.42. The zero-order valence-corrected chi connectivity index (χ0v) is 9.23. The van der Waals surface area contributed by atoms with Gasteiger partial charge >= 0.3 is 12.1 Å². The average Bonchev–Trinajstić information content (AvgIpc) is 2.12. The van der Waals surface area contributed by atoms with Crippen LogP contribution in [-0.2, 0) is 9.53 Å². The monoisotopic (exact) mass is 226 g/mol. The molecule has 0 bridgehead atoms. The third-order valence-electron chi connectivity index (χ3n) is 2.27. The Kier molecular flexibility index (Phi) is 5.68. The van der Waals surface area contributed by atoms with E-state index in [1.165, 1.54) is 0 Å². The summed E-state index contributed by atoms with van der Waals surface area (Å²) in [5.41, 5.74) is 0. The fourth-order valence-corrected chi connectivity index (χ4v) is 1.45. The number of hydrogen-bond acceptors (Lipinski definition) is 2. The van der Waals surface area contributed by atoms with Gasteiger partial charge in [0, 0.05) is 0 Å². The van der Waals surface area contributed by atoms with E-state index in [0.717, 1.165) is 12.8 Å². The smallest absolute Gasteiger partial charge is 0.455 e. The van der Waals surface area contributed by atoms with Crippen LogP contribution >= 0.6 is 0 Å². The summed E-state index contributed by atoms with van der Waals surface area (Å²) in [6.45, 7) is 5.44. The summed E-state index contributed by atoms with van der Waals surface area (Å²) < 4.78 is 40.2. The molecule has 0 aromatic carbocycles. The molecule has 0 aliphatic heterocycles. The number of carbonyl (C=O) groups excluding carboxylic acids is 1. The minimum Gasteiger partial charge on any atom is -0.455 e. The molecule has 0 amide bonds. The Morgan fingerprint density at radius 1 is 1.33 bits per heavy atom. The molecule has 90 valence electrons. The molecule has 2 unspecified atom stereocenters. The summed E-state index contributed by atoms with van der Waals surface area (Å²) >= 11 is 0. The first-order valence-electron chi connectivity index (χ1n) is 5.10. The lowest BCUT2D eigenvalue weighted by Crippen LogP contribution is -2.32. The highest BCUT2D eigenvalue weighted by molar-refractivity contribution is 5.75. The summed E-state index contributed by atoms with van der Waals surface area (Å²) in [6.07, 6.45) is -3.51. The molecule has 0 saturated carbocycles. The largest absolute Gasteiger partial charge is 0.490 e.